The molecule has 0 spiro atoms. The molecule has 0 aliphatic carbocycles. The van der Waals surface area contributed by atoms with E-state index in [1.165, 1.54) is 5.56 Å². The van der Waals surface area contributed by atoms with Crippen molar-refractivity contribution in [2.75, 3.05) is 26.2 Å². The molecule has 0 saturated heterocycles. The Morgan fingerprint density at radius 1 is 1.19 bits per heavy atom. The monoisotopic (exact) mass is 293 g/mol. The van der Waals surface area contributed by atoms with Crippen molar-refractivity contribution < 1.29 is 4.74 Å². The molecular formula is C17H31N3O. The van der Waals surface area contributed by atoms with Crippen molar-refractivity contribution in [3.8, 4) is 5.75 Å². The quantitative estimate of drug-likeness (QED) is 0.758. The SMILES string of the molecule is CCNC(c1cncc(OCC)c1)C(C)(C)N(CC)CC. The van der Waals surface area contributed by atoms with Gasteiger partial charge in [-0.05, 0) is 52.0 Å². The normalized spacial score (nSPS) is 13.5. The molecule has 1 unspecified atom stereocenters. The molecule has 1 aromatic heterocycles. The molecule has 4 heteroatoms. The lowest BCUT2D eigenvalue weighted by atomic mass is 9.87. The number of pyridine rings is 1. The van der Waals surface area contributed by atoms with Gasteiger partial charge in [-0.15, -0.1) is 0 Å². The zero-order valence-corrected chi connectivity index (χ0v) is 14.4. The van der Waals surface area contributed by atoms with Crippen LogP contribution in [0.25, 0.3) is 0 Å². The lowest BCUT2D eigenvalue weighted by Gasteiger charge is -2.44. The Morgan fingerprint density at radius 2 is 1.86 bits per heavy atom. The van der Waals surface area contributed by atoms with E-state index < -0.39 is 0 Å². The van der Waals surface area contributed by atoms with Gasteiger partial charge < -0.3 is 10.1 Å². The van der Waals surface area contributed by atoms with Crippen LogP contribution in [0.15, 0.2) is 18.5 Å². The summed E-state index contributed by atoms with van der Waals surface area (Å²) in [5, 5.41) is 3.62. The number of hydrogen-bond donors (Lipinski definition) is 1. The Hall–Kier alpha value is -1.13. The van der Waals surface area contributed by atoms with E-state index in [4.69, 9.17) is 4.74 Å². The highest BCUT2D eigenvalue weighted by molar-refractivity contribution is 5.28. The van der Waals surface area contributed by atoms with Crippen LogP contribution in [0.5, 0.6) is 5.75 Å². The van der Waals surface area contributed by atoms with E-state index in [2.05, 4.69) is 55.9 Å². The number of nitrogens with zero attached hydrogens (tertiary/aromatic N) is 2. The van der Waals surface area contributed by atoms with Crippen molar-refractivity contribution in [2.45, 2.75) is 53.1 Å². The van der Waals surface area contributed by atoms with Crippen molar-refractivity contribution >= 4 is 0 Å². The number of rotatable bonds is 9. The third-order valence-electron chi connectivity index (χ3n) is 4.07. The summed E-state index contributed by atoms with van der Waals surface area (Å²) in [6.45, 7) is 16.8. The van der Waals surface area contributed by atoms with E-state index in [0.29, 0.717) is 6.61 Å². The average molecular weight is 293 g/mol. The van der Waals surface area contributed by atoms with Gasteiger partial charge in [0.05, 0.1) is 18.8 Å². The highest BCUT2D eigenvalue weighted by Crippen LogP contribution is 2.32. The summed E-state index contributed by atoms with van der Waals surface area (Å²) in [5.74, 6) is 0.841. The highest BCUT2D eigenvalue weighted by atomic mass is 16.5. The van der Waals surface area contributed by atoms with E-state index in [1.807, 2.05) is 13.1 Å². The van der Waals surface area contributed by atoms with Crippen LogP contribution in [0, 0.1) is 0 Å². The third kappa shape index (κ3) is 4.42. The fourth-order valence-corrected chi connectivity index (χ4v) is 3.04. The molecule has 1 atom stereocenters. The molecule has 0 bridgehead atoms. The van der Waals surface area contributed by atoms with Crippen molar-refractivity contribution in [3.05, 3.63) is 24.0 Å². The first kappa shape index (κ1) is 17.9. The van der Waals surface area contributed by atoms with Crippen molar-refractivity contribution in [2.24, 2.45) is 0 Å². The minimum Gasteiger partial charge on any atom is -0.492 e. The Morgan fingerprint density at radius 3 is 2.38 bits per heavy atom. The van der Waals surface area contributed by atoms with Gasteiger partial charge in [0.25, 0.3) is 0 Å². The summed E-state index contributed by atoms with van der Waals surface area (Å²) in [6, 6.07) is 2.32. The van der Waals surface area contributed by atoms with Gasteiger partial charge in [0, 0.05) is 11.7 Å². The van der Waals surface area contributed by atoms with Crippen LogP contribution in [0.1, 0.15) is 53.1 Å². The summed E-state index contributed by atoms with van der Waals surface area (Å²) in [4.78, 5) is 6.83. The minimum absolute atomic E-state index is 0.00598. The predicted octanol–water partition coefficient (Wildman–Crippen LogP) is 3.25. The predicted molar refractivity (Wildman–Crippen MR) is 88.8 cm³/mol. The number of likely N-dealkylation sites (N-methyl/N-ethyl adjacent to an activating group) is 2. The molecule has 1 rings (SSSR count). The van der Waals surface area contributed by atoms with Gasteiger partial charge in [-0.3, -0.25) is 9.88 Å². The number of hydrogen-bond acceptors (Lipinski definition) is 4. The molecule has 0 aliphatic heterocycles. The van der Waals surface area contributed by atoms with Crippen LogP contribution in [-0.2, 0) is 0 Å². The second-order valence-electron chi connectivity index (χ2n) is 5.70. The summed E-state index contributed by atoms with van der Waals surface area (Å²) >= 11 is 0. The van der Waals surface area contributed by atoms with E-state index in [0.717, 1.165) is 25.4 Å². The molecule has 1 heterocycles. The molecule has 1 aromatic rings. The van der Waals surface area contributed by atoms with Crippen LogP contribution < -0.4 is 10.1 Å². The molecule has 120 valence electrons. The zero-order valence-electron chi connectivity index (χ0n) is 14.4. The topological polar surface area (TPSA) is 37.4 Å². The minimum atomic E-state index is 0.00598. The van der Waals surface area contributed by atoms with Crippen LogP contribution in [0.4, 0.5) is 0 Å². The number of ether oxygens (including phenoxy) is 1. The summed E-state index contributed by atoms with van der Waals surface area (Å²) in [5.41, 5.74) is 1.19. The average Bonchev–Trinajstić information content (AvgIpc) is 2.46. The maximum atomic E-state index is 5.60. The molecule has 0 fully saturated rings. The van der Waals surface area contributed by atoms with E-state index in [1.54, 1.807) is 6.20 Å². The maximum absolute atomic E-state index is 5.60. The fraction of sp³-hybridized carbons (Fsp3) is 0.706. The van der Waals surface area contributed by atoms with Gasteiger partial charge in [-0.2, -0.15) is 0 Å². The van der Waals surface area contributed by atoms with Crippen molar-refractivity contribution in [3.63, 3.8) is 0 Å². The lowest BCUT2D eigenvalue weighted by molar-refractivity contribution is 0.0916. The van der Waals surface area contributed by atoms with Crippen LogP contribution >= 0.6 is 0 Å². The van der Waals surface area contributed by atoms with Crippen molar-refractivity contribution in [1.82, 2.24) is 15.2 Å². The summed E-state index contributed by atoms with van der Waals surface area (Å²) in [6.07, 6.45) is 3.72. The summed E-state index contributed by atoms with van der Waals surface area (Å²) < 4.78 is 5.60. The first-order valence-electron chi connectivity index (χ1n) is 8.07. The molecule has 4 nitrogen and oxygen atoms in total. The van der Waals surface area contributed by atoms with E-state index >= 15 is 0 Å². The second kappa shape index (κ2) is 8.35. The Kier molecular flexibility index (Phi) is 7.12. The standard InChI is InChI=1S/C17H31N3O/c1-7-19-16(17(5,6)20(8-2)9-3)14-11-15(21-10-4)13-18-12-14/h11-13,16,19H,7-10H2,1-6H3. The van der Waals surface area contributed by atoms with Gasteiger partial charge in [0.2, 0.25) is 0 Å². The summed E-state index contributed by atoms with van der Waals surface area (Å²) in [7, 11) is 0. The van der Waals surface area contributed by atoms with Gasteiger partial charge >= 0.3 is 0 Å². The van der Waals surface area contributed by atoms with Crippen LogP contribution in [-0.4, -0.2) is 41.7 Å². The first-order chi connectivity index (χ1) is 10.0. The van der Waals surface area contributed by atoms with Crippen LogP contribution in [0.3, 0.4) is 0 Å². The Labute approximate surface area is 129 Å². The van der Waals surface area contributed by atoms with Gasteiger partial charge in [-0.1, -0.05) is 20.8 Å². The van der Waals surface area contributed by atoms with E-state index in [-0.39, 0.29) is 11.6 Å². The number of aromatic nitrogens is 1. The van der Waals surface area contributed by atoms with E-state index in [9.17, 15) is 0 Å². The van der Waals surface area contributed by atoms with Gasteiger partial charge in [0.1, 0.15) is 5.75 Å². The largest absolute Gasteiger partial charge is 0.492 e. The molecule has 0 saturated carbocycles. The number of nitrogens with one attached hydrogen (secondary N) is 1. The Bertz CT molecular complexity index is 416. The molecule has 21 heavy (non-hydrogen) atoms. The lowest BCUT2D eigenvalue weighted by Crippen LogP contribution is -2.52. The van der Waals surface area contributed by atoms with Crippen LogP contribution in [0.2, 0.25) is 0 Å². The zero-order chi connectivity index (χ0) is 15.9. The highest BCUT2D eigenvalue weighted by Gasteiger charge is 2.34. The van der Waals surface area contributed by atoms with Gasteiger partial charge in [0.15, 0.2) is 0 Å². The fourth-order valence-electron chi connectivity index (χ4n) is 3.04. The molecule has 0 aromatic carbocycles. The molecular weight excluding hydrogens is 262 g/mol. The smallest absolute Gasteiger partial charge is 0.137 e. The second-order valence-corrected chi connectivity index (χ2v) is 5.70. The molecule has 1 N–H and O–H groups in total. The molecule has 0 aliphatic rings. The van der Waals surface area contributed by atoms with Crippen molar-refractivity contribution in [1.29, 1.82) is 0 Å². The third-order valence-corrected chi connectivity index (χ3v) is 4.07. The molecule has 0 amide bonds. The van der Waals surface area contributed by atoms with Gasteiger partial charge in [-0.25, -0.2) is 0 Å². The maximum Gasteiger partial charge on any atom is 0.137 e. The first-order valence-corrected chi connectivity index (χ1v) is 8.07. The Balaban J connectivity index is 3.13. The molecule has 0 radical (unpaired) electrons.